The number of amides is 1. The highest BCUT2D eigenvalue weighted by Crippen LogP contribution is 2.56. The zero-order chi connectivity index (χ0) is 17.6. The second-order valence-electron chi connectivity index (χ2n) is 8.61. The molecule has 2 spiro atoms. The maximum atomic E-state index is 12.4. The van der Waals surface area contributed by atoms with Crippen molar-refractivity contribution < 1.29 is 28.8 Å². The first-order chi connectivity index (χ1) is 12.7. The molecule has 6 aliphatic rings. The minimum absolute atomic E-state index is 0.182. The van der Waals surface area contributed by atoms with E-state index in [1.165, 1.54) is 25.7 Å². The first-order valence-corrected chi connectivity index (χ1v) is 10.3. The normalized spacial score (nSPS) is 45.4. The van der Waals surface area contributed by atoms with Crippen LogP contribution in [0.2, 0.25) is 0 Å². The van der Waals surface area contributed by atoms with Gasteiger partial charge >= 0.3 is 6.09 Å². The number of hydrogen-bond donors (Lipinski definition) is 0. The molecule has 0 aromatic rings. The van der Waals surface area contributed by atoms with Crippen molar-refractivity contribution in [2.45, 2.75) is 75.5 Å². The van der Waals surface area contributed by atoms with E-state index in [2.05, 4.69) is 0 Å². The first kappa shape index (κ1) is 17.2. The lowest BCUT2D eigenvalue weighted by atomic mass is 9.67. The summed E-state index contributed by atoms with van der Waals surface area (Å²) in [5.74, 6) is -0.177. The second-order valence-corrected chi connectivity index (χ2v) is 8.61. The predicted molar refractivity (Wildman–Crippen MR) is 89.9 cm³/mol. The van der Waals surface area contributed by atoms with E-state index in [1.807, 2.05) is 0 Å². The Morgan fingerprint density at radius 1 is 1.00 bits per heavy atom. The maximum absolute atomic E-state index is 12.4. The molecule has 0 aromatic carbocycles. The SMILES string of the molecule is O=C(O[C@@H]1CCC[C@]2(C1)OOC1(CC3CCC1CC3)O2)N1CCOCC1. The molecule has 1 amide bonds. The number of nitrogens with zero attached hydrogens (tertiary/aromatic N) is 1. The first-order valence-electron chi connectivity index (χ1n) is 10.3. The average Bonchev–Trinajstić information content (AvgIpc) is 3.00. The summed E-state index contributed by atoms with van der Waals surface area (Å²) in [7, 11) is 0. The van der Waals surface area contributed by atoms with E-state index in [1.54, 1.807) is 4.90 Å². The molecular formula is C19H29NO6. The lowest BCUT2D eigenvalue weighted by Crippen LogP contribution is -2.51. The third-order valence-electron chi connectivity index (χ3n) is 6.89. The Labute approximate surface area is 154 Å². The van der Waals surface area contributed by atoms with Crippen molar-refractivity contribution in [3.63, 3.8) is 0 Å². The van der Waals surface area contributed by atoms with E-state index in [-0.39, 0.29) is 12.2 Å². The Bertz CT molecular complexity index is 544. The Morgan fingerprint density at radius 2 is 1.81 bits per heavy atom. The van der Waals surface area contributed by atoms with Gasteiger partial charge in [0.05, 0.1) is 13.2 Å². The summed E-state index contributed by atoms with van der Waals surface area (Å²) in [6, 6.07) is 0. The molecule has 3 atom stereocenters. The smallest absolute Gasteiger partial charge is 0.410 e. The third-order valence-corrected chi connectivity index (χ3v) is 6.89. The van der Waals surface area contributed by atoms with Crippen LogP contribution in [0.5, 0.6) is 0 Å². The molecular weight excluding hydrogens is 338 g/mol. The van der Waals surface area contributed by atoms with Gasteiger partial charge in [-0.15, -0.1) is 0 Å². The predicted octanol–water partition coefficient (Wildman–Crippen LogP) is 2.98. The summed E-state index contributed by atoms with van der Waals surface area (Å²) in [5.41, 5.74) is 0. The molecule has 0 aromatic heterocycles. The van der Waals surface area contributed by atoms with Gasteiger partial charge in [-0.2, -0.15) is 9.78 Å². The molecule has 4 saturated carbocycles. The van der Waals surface area contributed by atoms with Gasteiger partial charge < -0.3 is 19.1 Å². The summed E-state index contributed by atoms with van der Waals surface area (Å²) in [5, 5.41) is 0. The molecule has 4 aliphatic carbocycles. The van der Waals surface area contributed by atoms with Crippen molar-refractivity contribution in [3.8, 4) is 0 Å². The van der Waals surface area contributed by atoms with E-state index in [4.69, 9.17) is 24.0 Å². The van der Waals surface area contributed by atoms with Gasteiger partial charge in [-0.1, -0.05) is 0 Å². The molecule has 26 heavy (non-hydrogen) atoms. The van der Waals surface area contributed by atoms with Crippen LogP contribution in [0.1, 0.15) is 57.8 Å². The van der Waals surface area contributed by atoms with E-state index >= 15 is 0 Å². The lowest BCUT2D eigenvalue weighted by Gasteiger charge is -2.47. The molecule has 6 fully saturated rings. The Kier molecular flexibility index (Phi) is 4.38. The molecule has 7 nitrogen and oxygen atoms in total. The maximum Gasteiger partial charge on any atom is 0.410 e. The van der Waals surface area contributed by atoms with Gasteiger partial charge in [-0.3, -0.25) is 0 Å². The van der Waals surface area contributed by atoms with Crippen LogP contribution >= 0.6 is 0 Å². The quantitative estimate of drug-likeness (QED) is 0.664. The fourth-order valence-electron chi connectivity index (χ4n) is 5.48. The molecule has 2 aliphatic heterocycles. The monoisotopic (exact) mass is 367 g/mol. The van der Waals surface area contributed by atoms with Crippen LogP contribution in [0.4, 0.5) is 4.79 Å². The molecule has 7 heteroatoms. The molecule has 6 rings (SSSR count). The third kappa shape index (κ3) is 3.03. The van der Waals surface area contributed by atoms with Crippen LogP contribution in [0.3, 0.4) is 0 Å². The highest BCUT2D eigenvalue weighted by molar-refractivity contribution is 5.67. The van der Waals surface area contributed by atoms with Crippen LogP contribution in [0.25, 0.3) is 0 Å². The highest BCUT2D eigenvalue weighted by atomic mass is 17.3. The van der Waals surface area contributed by atoms with Crippen LogP contribution in [-0.4, -0.2) is 55.0 Å². The fraction of sp³-hybridized carbons (Fsp3) is 0.947. The van der Waals surface area contributed by atoms with Crippen LogP contribution in [-0.2, 0) is 24.0 Å². The van der Waals surface area contributed by atoms with Crippen LogP contribution in [0, 0.1) is 11.8 Å². The van der Waals surface area contributed by atoms with Gasteiger partial charge in [-0.25, -0.2) is 4.79 Å². The number of carbonyl (C=O) groups is 1. The van der Waals surface area contributed by atoms with Crippen LogP contribution in [0.15, 0.2) is 0 Å². The molecule has 2 bridgehead atoms. The summed E-state index contributed by atoms with van der Waals surface area (Å²) in [6.07, 6.45) is 8.53. The molecule has 1 unspecified atom stereocenters. The Morgan fingerprint density at radius 3 is 2.54 bits per heavy atom. The van der Waals surface area contributed by atoms with Gasteiger partial charge in [0.2, 0.25) is 11.6 Å². The number of fused-ring (bicyclic) bond motifs is 2. The summed E-state index contributed by atoms with van der Waals surface area (Å²) in [6.45, 7) is 2.35. The molecule has 2 heterocycles. The van der Waals surface area contributed by atoms with Gasteiger partial charge in [0, 0.05) is 38.3 Å². The van der Waals surface area contributed by atoms with Crippen molar-refractivity contribution in [2.24, 2.45) is 11.8 Å². The van der Waals surface area contributed by atoms with Crippen molar-refractivity contribution in [2.75, 3.05) is 26.3 Å². The molecule has 0 N–H and O–H groups in total. The average molecular weight is 367 g/mol. The van der Waals surface area contributed by atoms with E-state index in [9.17, 15) is 4.79 Å². The van der Waals surface area contributed by atoms with Crippen molar-refractivity contribution in [1.82, 2.24) is 4.90 Å². The van der Waals surface area contributed by atoms with Crippen molar-refractivity contribution in [3.05, 3.63) is 0 Å². The van der Waals surface area contributed by atoms with Crippen molar-refractivity contribution >= 4 is 6.09 Å². The van der Waals surface area contributed by atoms with Gasteiger partial charge in [-0.05, 0) is 44.4 Å². The fourth-order valence-corrected chi connectivity index (χ4v) is 5.48. The minimum atomic E-state index is -0.744. The van der Waals surface area contributed by atoms with Gasteiger partial charge in [0.1, 0.15) is 6.10 Å². The standard InChI is InChI=1S/C19H29NO6/c21-17(20-8-10-22-11-9-20)23-16-2-1-7-18(13-16)24-19(26-25-18)12-14-3-5-15(19)6-4-14/h14-16H,1-13H2/t14?,15?,16-,18-,19?/m1/s1. The summed E-state index contributed by atoms with van der Waals surface area (Å²) in [4.78, 5) is 25.9. The lowest BCUT2D eigenvalue weighted by molar-refractivity contribution is -0.374. The minimum Gasteiger partial charge on any atom is -0.446 e. The van der Waals surface area contributed by atoms with Crippen molar-refractivity contribution in [1.29, 1.82) is 0 Å². The zero-order valence-corrected chi connectivity index (χ0v) is 15.3. The highest BCUT2D eigenvalue weighted by Gasteiger charge is 2.61. The second kappa shape index (κ2) is 6.62. The van der Waals surface area contributed by atoms with E-state index in [0.717, 1.165) is 25.7 Å². The van der Waals surface area contributed by atoms with Gasteiger partial charge in [0.15, 0.2) is 0 Å². The largest absolute Gasteiger partial charge is 0.446 e. The zero-order valence-electron chi connectivity index (χ0n) is 15.3. The Hall–Kier alpha value is -0.890. The van der Waals surface area contributed by atoms with Crippen LogP contribution < -0.4 is 0 Å². The summed E-state index contributed by atoms with van der Waals surface area (Å²) >= 11 is 0. The number of hydrogen-bond acceptors (Lipinski definition) is 6. The molecule has 0 radical (unpaired) electrons. The number of ether oxygens (including phenoxy) is 3. The number of morpholine rings is 1. The molecule has 2 saturated heterocycles. The van der Waals surface area contributed by atoms with E-state index < -0.39 is 11.6 Å². The number of rotatable bonds is 1. The summed E-state index contributed by atoms with van der Waals surface area (Å²) < 4.78 is 17.6. The number of carbonyl (C=O) groups excluding carboxylic acids is 1. The van der Waals surface area contributed by atoms with E-state index in [0.29, 0.717) is 44.6 Å². The van der Waals surface area contributed by atoms with Gasteiger partial charge in [0.25, 0.3) is 0 Å². The topological polar surface area (TPSA) is 66.5 Å². The molecule has 146 valence electrons. The Balaban J connectivity index is 1.22.